The van der Waals surface area contributed by atoms with Crippen LogP contribution in [0, 0.1) is 0 Å². The molecular weight excluding hydrogens is 204 g/mol. The van der Waals surface area contributed by atoms with Gasteiger partial charge < -0.3 is 15.7 Å². The van der Waals surface area contributed by atoms with E-state index in [9.17, 15) is 9.90 Å². The van der Waals surface area contributed by atoms with E-state index in [4.69, 9.17) is 5.73 Å². The van der Waals surface area contributed by atoms with Gasteiger partial charge in [0.15, 0.2) is 5.75 Å². The molecule has 0 fully saturated rings. The lowest BCUT2D eigenvalue weighted by molar-refractivity contribution is 0.0714. The molecule has 1 amide bonds. The zero-order valence-corrected chi connectivity index (χ0v) is 9.90. The van der Waals surface area contributed by atoms with Crippen molar-refractivity contribution in [1.29, 1.82) is 0 Å². The lowest BCUT2D eigenvalue weighted by atomic mass is 10.1. The van der Waals surface area contributed by atoms with Crippen molar-refractivity contribution < 1.29 is 9.90 Å². The molecular formula is C12H18N2O2. The van der Waals surface area contributed by atoms with Crippen LogP contribution in [0.15, 0.2) is 18.2 Å². The van der Waals surface area contributed by atoms with Crippen molar-refractivity contribution >= 4 is 11.6 Å². The van der Waals surface area contributed by atoms with Crippen LogP contribution in [0.1, 0.15) is 31.1 Å². The van der Waals surface area contributed by atoms with E-state index in [0.717, 1.165) is 0 Å². The van der Waals surface area contributed by atoms with Gasteiger partial charge in [-0.15, -0.1) is 0 Å². The summed E-state index contributed by atoms with van der Waals surface area (Å²) in [6.45, 7) is 6.38. The number of rotatable bonds is 3. The normalized spacial score (nSPS) is 10.5. The minimum atomic E-state index is -0.192. The molecule has 0 heterocycles. The van der Waals surface area contributed by atoms with Gasteiger partial charge in [0.2, 0.25) is 0 Å². The number of anilines is 1. The highest BCUT2D eigenvalue weighted by Crippen LogP contribution is 2.26. The van der Waals surface area contributed by atoms with Gasteiger partial charge in [-0.25, -0.2) is 0 Å². The third-order valence-electron chi connectivity index (χ3n) is 2.52. The van der Waals surface area contributed by atoms with Crippen molar-refractivity contribution in [3.05, 3.63) is 23.8 Å². The number of benzene rings is 1. The Morgan fingerprint density at radius 2 is 2.12 bits per heavy atom. The number of hydrogen-bond donors (Lipinski definition) is 2. The fraction of sp³-hybridized carbons (Fsp3) is 0.417. The van der Waals surface area contributed by atoms with Crippen LogP contribution in [0.4, 0.5) is 5.69 Å². The monoisotopic (exact) mass is 222 g/mol. The average Bonchev–Trinajstić information content (AvgIpc) is 2.22. The molecule has 0 unspecified atom stereocenters. The van der Waals surface area contributed by atoms with E-state index in [1.165, 1.54) is 0 Å². The van der Waals surface area contributed by atoms with Crippen LogP contribution in [0.2, 0.25) is 0 Å². The molecule has 0 aliphatic carbocycles. The molecule has 1 aromatic rings. The molecule has 0 aliphatic heterocycles. The first-order valence-corrected chi connectivity index (χ1v) is 5.37. The molecule has 0 atom stereocenters. The molecule has 0 bridgehead atoms. The van der Waals surface area contributed by atoms with Gasteiger partial charge in [0.1, 0.15) is 0 Å². The Balaban J connectivity index is 3.09. The Morgan fingerprint density at radius 1 is 1.50 bits per heavy atom. The fourth-order valence-electron chi connectivity index (χ4n) is 1.63. The topological polar surface area (TPSA) is 66.6 Å². The number of carbonyl (C=O) groups excluding carboxylic acids is 1. The van der Waals surface area contributed by atoms with Crippen LogP contribution >= 0.6 is 0 Å². The quantitative estimate of drug-likeness (QED) is 0.605. The molecule has 0 saturated carbocycles. The summed E-state index contributed by atoms with van der Waals surface area (Å²) >= 11 is 0. The second-order valence-electron chi connectivity index (χ2n) is 3.93. The van der Waals surface area contributed by atoms with Crippen molar-refractivity contribution in [2.45, 2.75) is 26.8 Å². The van der Waals surface area contributed by atoms with E-state index < -0.39 is 0 Å². The average molecular weight is 222 g/mol. The number of nitrogens with zero attached hydrogens (tertiary/aromatic N) is 1. The Labute approximate surface area is 95.7 Å². The summed E-state index contributed by atoms with van der Waals surface area (Å²) in [5.74, 6) is -0.325. The third kappa shape index (κ3) is 2.27. The summed E-state index contributed by atoms with van der Waals surface area (Å²) in [5, 5.41) is 9.72. The van der Waals surface area contributed by atoms with Crippen molar-refractivity contribution in [2.24, 2.45) is 0 Å². The highest BCUT2D eigenvalue weighted by Gasteiger charge is 2.20. The number of para-hydroxylation sites is 1. The summed E-state index contributed by atoms with van der Waals surface area (Å²) in [7, 11) is 0. The van der Waals surface area contributed by atoms with Crippen LogP contribution < -0.4 is 5.73 Å². The van der Waals surface area contributed by atoms with E-state index in [2.05, 4.69) is 0 Å². The van der Waals surface area contributed by atoms with Crippen LogP contribution in [-0.4, -0.2) is 28.5 Å². The van der Waals surface area contributed by atoms with E-state index in [0.29, 0.717) is 6.54 Å². The maximum absolute atomic E-state index is 12.1. The highest BCUT2D eigenvalue weighted by molar-refractivity contribution is 5.98. The van der Waals surface area contributed by atoms with Gasteiger partial charge in [0, 0.05) is 12.6 Å². The first-order valence-electron chi connectivity index (χ1n) is 5.37. The standard InChI is InChI=1S/C12H18N2O2/c1-4-14(8(2)3)12(16)9-6-5-7-10(13)11(9)15/h5-8,15H,4,13H2,1-3H3. The summed E-state index contributed by atoms with van der Waals surface area (Å²) in [6.07, 6.45) is 0. The molecule has 4 heteroatoms. The predicted molar refractivity (Wildman–Crippen MR) is 64.4 cm³/mol. The number of phenols is 1. The van der Waals surface area contributed by atoms with Gasteiger partial charge in [-0.2, -0.15) is 0 Å². The van der Waals surface area contributed by atoms with E-state index in [1.807, 2.05) is 20.8 Å². The number of nitrogen functional groups attached to an aromatic ring is 1. The van der Waals surface area contributed by atoms with E-state index in [-0.39, 0.29) is 28.9 Å². The van der Waals surface area contributed by atoms with Gasteiger partial charge >= 0.3 is 0 Å². The number of carbonyl (C=O) groups is 1. The maximum atomic E-state index is 12.1. The molecule has 0 aromatic heterocycles. The van der Waals surface area contributed by atoms with Gasteiger partial charge in [0.25, 0.3) is 5.91 Å². The number of aromatic hydroxyl groups is 1. The number of phenolic OH excluding ortho intramolecular Hbond substituents is 1. The molecule has 0 saturated heterocycles. The second kappa shape index (κ2) is 4.88. The fourth-order valence-corrected chi connectivity index (χ4v) is 1.63. The predicted octanol–water partition coefficient (Wildman–Crippen LogP) is 1.84. The van der Waals surface area contributed by atoms with Crippen LogP contribution in [-0.2, 0) is 0 Å². The summed E-state index contributed by atoms with van der Waals surface area (Å²) in [5.41, 5.74) is 6.04. The van der Waals surface area contributed by atoms with Gasteiger partial charge in [0.05, 0.1) is 11.3 Å². The zero-order valence-electron chi connectivity index (χ0n) is 9.90. The van der Waals surface area contributed by atoms with E-state index in [1.54, 1.807) is 23.1 Å². The third-order valence-corrected chi connectivity index (χ3v) is 2.52. The van der Waals surface area contributed by atoms with Gasteiger partial charge in [-0.05, 0) is 32.9 Å². The largest absolute Gasteiger partial charge is 0.505 e. The summed E-state index contributed by atoms with van der Waals surface area (Å²) in [6, 6.07) is 4.91. The number of hydrogen-bond acceptors (Lipinski definition) is 3. The molecule has 4 nitrogen and oxygen atoms in total. The molecule has 16 heavy (non-hydrogen) atoms. The number of nitrogens with two attached hydrogens (primary N) is 1. The zero-order chi connectivity index (χ0) is 12.3. The Morgan fingerprint density at radius 3 is 2.62 bits per heavy atom. The Hall–Kier alpha value is -1.71. The lowest BCUT2D eigenvalue weighted by Crippen LogP contribution is -2.36. The molecule has 88 valence electrons. The molecule has 1 rings (SSSR count). The summed E-state index contributed by atoms with van der Waals surface area (Å²) in [4.78, 5) is 13.8. The Kier molecular flexibility index (Phi) is 3.77. The molecule has 0 aliphatic rings. The highest BCUT2D eigenvalue weighted by atomic mass is 16.3. The first kappa shape index (κ1) is 12.4. The minimum absolute atomic E-state index is 0.0957. The second-order valence-corrected chi connectivity index (χ2v) is 3.93. The minimum Gasteiger partial charge on any atom is -0.505 e. The molecule has 3 N–H and O–H groups in total. The van der Waals surface area contributed by atoms with Crippen molar-refractivity contribution in [1.82, 2.24) is 4.90 Å². The molecule has 0 radical (unpaired) electrons. The van der Waals surface area contributed by atoms with Crippen LogP contribution in [0.25, 0.3) is 0 Å². The molecule has 1 aromatic carbocycles. The number of amides is 1. The van der Waals surface area contributed by atoms with Crippen LogP contribution in [0.3, 0.4) is 0 Å². The van der Waals surface area contributed by atoms with Gasteiger partial charge in [-0.3, -0.25) is 4.79 Å². The van der Waals surface area contributed by atoms with Gasteiger partial charge in [-0.1, -0.05) is 6.07 Å². The van der Waals surface area contributed by atoms with Crippen molar-refractivity contribution in [2.75, 3.05) is 12.3 Å². The smallest absolute Gasteiger partial charge is 0.257 e. The van der Waals surface area contributed by atoms with E-state index >= 15 is 0 Å². The van der Waals surface area contributed by atoms with Crippen molar-refractivity contribution in [3.63, 3.8) is 0 Å². The summed E-state index contributed by atoms with van der Waals surface area (Å²) < 4.78 is 0. The Bertz CT molecular complexity index is 389. The van der Waals surface area contributed by atoms with Crippen LogP contribution in [0.5, 0.6) is 5.75 Å². The lowest BCUT2D eigenvalue weighted by Gasteiger charge is -2.25. The molecule has 0 spiro atoms. The maximum Gasteiger partial charge on any atom is 0.257 e. The SMILES string of the molecule is CCN(C(=O)c1cccc(N)c1O)C(C)C. The first-order chi connectivity index (χ1) is 7.49. The van der Waals surface area contributed by atoms with Crippen molar-refractivity contribution in [3.8, 4) is 5.75 Å².